The van der Waals surface area contributed by atoms with E-state index in [0.29, 0.717) is 13.1 Å². The van der Waals surface area contributed by atoms with E-state index in [1.165, 1.54) is 12.0 Å². The molecular formula is C19H18Cl2N2O3. The van der Waals surface area contributed by atoms with Crippen LogP contribution in [0, 0.1) is 6.92 Å². The molecule has 136 valence electrons. The highest BCUT2D eigenvalue weighted by Crippen LogP contribution is 2.37. The summed E-state index contributed by atoms with van der Waals surface area (Å²) in [6.07, 6.45) is 0. The van der Waals surface area contributed by atoms with Crippen LogP contribution in [0.1, 0.15) is 27.5 Å². The van der Waals surface area contributed by atoms with Gasteiger partial charge in [0, 0.05) is 13.1 Å². The van der Waals surface area contributed by atoms with E-state index in [9.17, 15) is 9.59 Å². The molecule has 1 fully saturated rings. The van der Waals surface area contributed by atoms with Crippen LogP contribution in [0.2, 0.25) is 10.0 Å². The number of hydrogen-bond donors (Lipinski definition) is 1. The van der Waals surface area contributed by atoms with Crippen molar-refractivity contribution in [3.05, 3.63) is 63.1 Å². The molecule has 2 aromatic rings. The average molecular weight is 393 g/mol. The summed E-state index contributed by atoms with van der Waals surface area (Å²) in [6.45, 7) is 2.63. The number of carbonyl (C=O) groups excluding carboxylic acids is 2. The second-order valence-electron chi connectivity index (χ2n) is 5.99. The van der Waals surface area contributed by atoms with Gasteiger partial charge in [0.05, 0.1) is 17.2 Å². The van der Waals surface area contributed by atoms with Crippen molar-refractivity contribution in [2.45, 2.75) is 13.0 Å². The average Bonchev–Trinajstić information content (AvgIpc) is 2.63. The predicted molar refractivity (Wildman–Crippen MR) is 101 cm³/mol. The highest BCUT2D eigenvalue weighted by molar-refractivity contribution is 6.37. The molecule has 0 spiro atoms. The SMILES string of the molecule is COc1c(Cl)ccc(Cl)c1C(=O)N1CCNC(=O)C1c1ccccc1C. The lowest BCUT2D eigenvalue weighted by atomic mass is 9.97. The van der Waals surface area contributed by atoms with Crippen molar-refractivity contribution in [2.24, 2.45) is 0 Å². The number of rotatable bonds is 3. The minimum absolute atomic E-state index is 0.162. The minimum Gasteiger partial charge on any atom is -0.494 e. The molecule has 0 bridgehead atoms. The number of piperazine rings is 1. The highest BCUT2D eigenvalue weighted by atomic mass is 35.5. The number of nitrogens with zero attached hydrogens (tertiary/aromatic N) is 1. The van der Waals surface area contributed by atoms with E-state index >= 15 is 0 Å². The molecule has 5 nitrogen and oxygen atoms in total. The number of nitrogens with one attached hydrogen (secondary N) is 1. The van der Waals surface area contributed by atoms with Crippen LogP contribution in [0.3, 0.4) is 0 Å². The zero-order chi connectivity index (χ0) is 18.8. The molecule has 0 radical (unpaired) electrons. The van der Waals surface area contributed by atoms with E-state index in [4.69, 9.17) is 27.9 Å². The Morgan fingerprint density at radius 1 is 1.19 bits per heavy atom. The number of hydrogen-bond acceptors (Lipinski definition) is 3. The van der Waals surface area contributed by atoms with Crippen LogP contribution < -0.4 is 10.1 Å². The summed E-state index contributed by atoms with van der Waals surface area (Å²) in [5, 5.41) is 3.34. The summed E-state index contributed by atoms with van der Waals surface area (Å²) in [5.74, 6) is -0.410. The summed E-state index contributed by atoms with van der Waals surface area (Å²) in [5.41, 5.74) is 1.86. The molecule has 1 saturated heterocycles. The third-order valence-electron chi connectivity index (χ3n) is 4.43. The van der Waals surface area contributed by atoms with Gasteiger partial charge in [-0.25, -0.2) is 0 Å². The van der Waals surface area contributed by atoms with Crippen molar-refractivity contribution in [3.8, 4) is 5.75 Å². The van der Waals surface area contributed by atoms with Gasteiger partial charge in [0.15, 0.2) is 5.75 Å². The molecule has 1 aliphatic rings. The molecule has 7 heteroatoms. The molecule has 1 unspecified atom stereocenters. The molecule has 1 atom stereocenters. The topological polar surface area (TPSA) is 58.6 Å². The van der Waals surface area contributed by atoms with E-state index in [1.807, 2.05) is 31.2 Å². The normalized spacial score (nSPS) is 17.0. The van der Waals surface area contributed by atoms with Crippen LogP contribution in [0.25, 0.3) is 0 Å². The first-order valence-corrected chi connectivity index (χ1v) is 8.87. The largest absolute Gasteiger partial charge is 0.494 e. The first-order valence-electron chi connectivity index (χ1n) is 8.12. The summed E-state index contributed by atoms with van der Waals surface area (Å²) < 4.78 is 5.30. The fourth-order valence-electron chi connectivity index (χ4n) is 3.16. The van der Waals surface area contributed by atoms with Crippen LogP contribution in [-0.2, 0) is 4.79 Å². The molecule has 26 heavy (non-hydrogen) atoms. The lowest BCUT2D eigenvalue weighted by Gasteiger charge is -2.36. The van der Waals surface area contributed by atoms with Crippen molar-refractivity contribution in [1.29, 1.82) is 0 Å². The van der Waals surface area contributed by atoms with E-state index in [-0.39, 0.29) is 27.3 Å². The lowest BCUT2D eigenvalue weighted by Crippen LogP contribution is -2.52. The summed E-state index contributed by atoms with van der Waals surface area (Å²) in [7, 11) is 1.43. The number of amides is 2. The van der Waals surface area contributed by atoms with Gasteiger partial charge in [0.25, 0.3) is 5.91 Å². The Bertz CT molecular complexity index is 870. The molecule has 1 N–H and O–H groups in total. The van der Waals surface area contributed by atoms with Crippen LogP contribution in [0.5, 0.6) is 5.75 Å². The molecule has 3 rings (SSSR count). The number of methoxy groups -OCH3 is 1. The van der Waals surface area contributed by atoms with Crippen molar-refractivity contribution < 1.29 is 14.3 Å². The quantitative estimate of drug-likeness (QED) is 0.867. The first kappa shape index (κ1) is 18.5. The zero-order valence-corrected chi connectivity index (χ0v) is 15.9. The van der Waals surface area contributed by atoms with E-state index in [0.717, 1.165) is 11.1 Å². The van der Waals surface area contributed by atoms with E-state index in [1.54, 1.807) is 12.1 Å². The van der Waals surface area contributed by atoms with Crippen LogP contribution in [-0.4, -0.2) is 36.9 Å². The van der Waals surface area contributed by atoms with Gasteiger partial charge in [-0.1, -0.05) is 47.5 Å². The van der Waals surface area contributed by atoms with Crippen LogP contribution >= 0.6 is 23.2 Å². The third-order valence-corrected chi connectivity index (χ3v) is 5.05. The number of carbonyl (C=O) groups is 2. The standard InChI is InChI=1S/C19H18Cl2N2O3/c1-11-5-3-4-6-12(11)16-18(24)22-9-10-23(16)19(25)15-13(20)7-8-14(21)17(15)26-2/h3-8,16H,9-10H2,1-2H3,(H,22,24). The fraction of sp³-hybridized carbons (Fsp3) is 0.263. The van der Waals surface area contributed by atoms with Gasteiger partial charge in [0.2, 0.25) is 5.91 Å². The molecule has 2 amide bonds. The third kappa shape index (κ3) is 3.24. The van der Waals surface area contributed by atoms with Gasteiger partial charge in [-0.3, -0.25) is 9.59 Å². The highest BCUT2D eigenvalue weighted by Gasteiger charge is 2.37. The van der Waals surface area contributed by atoms with Crippen molar-refractivity contribution >= 4 is 35.0 Å². The van der Waals surface area contributed by atoms with Gasteiger partial charge >= 0.3 is 0 Å². The molecule has 0 saturated carbocycles. The van der Waals surface area contributed by atoms with Gasteiger partial charge < -0.3 is 15.0 Å². The first-order chi connectivity index (χ1) is 12.5. The molecular weight excluding hydrogens is 375 g/mol. The maximum Gasteiger partial charge on any atom is 0.260 e. The smallest absolute Gasteiger partial charge is 0.260 e. The molecule has 1 heterocycles. The maximum absolute atomic E-state index is 13.3. The molecule has 1 aliphatic heterocycles. The van der Waals surface area contributed by atoms with Gasteiger partial charge in [-0.15, -0.1) is 0 Å². The maximum atomic E-state index is 13.3. The van der Waals surface area contributed by atoms with Gasteiger partial charge in [0.1, 0.15) is 11.6 Å². The number of halogens is 2. The predicted octanol–water partition coefficient (Wildman–Crippen LogP) is 3.62. The second kappa shape index (κ2) is 7.56. The van der Waals surface area contributed by atoms with Crippen LogP contribution in [0.4, 0.5) is 0 Å². The Morgan fingerprint density at radius 2 is 1.88 bits per heavy atom. The van der Waals surface area contributed by atoms with Gasteiger partial charge in [-0.2, -0.15) is 0 Å². The Morgan fingerprint density at radius 3 is 2.58 bits per heavy atom. The number of aryl methyl sites for hydroxylation is 1. The van der Waals surface area contributed by atoms with Crippen molar-refractivity contribution in [3.63, 3.8) is 0 Å². The Labute approximate surface area is 161 Å². The van der Waals surface area contributed by atoms with E-state index in [2.05, 4.69) is 5.32 Å². The lowest BCUT2D eigenvalue weighted by molar-refractivity contribution is -0.128. The molecule has 0 aliphatic carbocycles. The van der Waals surface area contributed by atoms with Crippen molar-refractivity contribution in [1.82, 2.24) is 10.2 Å². The summed E-state index contributed by atoms with van der Waals surface area (Å²) in [4.78, 5) is 27.4. The summed E-state index contributed by atoms with van der Waals surface area (Å²) >= 11 is 12.4. The number of benzene rings is 2. The monoisotopic (exact) mass is 392 g/mol. The Kier molecular flexibility index (Phi) is 5.39. The number of ether oxygens (including phenoxy) is 1. The minimum atomic E-state index is -0.739. The summed E-state index contributed by atoms with van der Waals surface area (Å²) in [6, 6.07) is 9.88. The molecule has 0 aromatic heterocycles. The second-order valence-corrected chi connectivity index (χ2v) is 6.80. The Balaban J connectivity index is 2.09. The van der Waals surface area contributed by atoms with E-state index < -0.39 is 11.9 Å². The Hall–Kier alpha value is -2.24. The molecule has 2 aromatic carbocycles. The zero-order valence-electron chi connectivity index (χ0n) is 14.4. The van der Waals surface area contributed by atoms with Gasteiger partial charge in [-0.05, 0) is 30.2 Å². The van der Waals surface area contributed by atoms with Crippen molar-refractivity contribution in [2.75, 3.05) is 20.2 Å². The van der Waals surface area contributed by atoms with Crippen LogP contribution in [0.15, 0.2) is 36.4 Å². The fourth-order valence-corrected chi connectivity index (χ4v) is 3.63.